The molecule has 3 aromatic rings. The van der Waals surface area contributed by atoms with Crippen LogP contribution in [0.5, 0.6) is 0 Å². The van der Waals surface area contributed by atoms with E-state index in [-0.39, 0.29) is 18.9 Å². The Balaban J connectivity index is 2.07. The summed E-state index contributed by atoms with van der Waals surface area (Å²) in [7, 11) is -3.82. The number of anilines is 1. The molecule has 3 aromatic carbocycles. The molecule has 0 fully saturated rings. The second-order valence-corrected chi connectivity index (χ2v) is 11.3. The van der Waals surface area contributed by atoms with Crippen LogP contribution < -0.4 is 9.62 Å². The van der Waals surface area contributed by atoms with Gasteiger partial charge in [0.15, 0.2) is 0 Å². The van der Waals surface area contributed by atoms with E-state index < -0.39 is 28.5 Å². The highest BCUT2D eigenvalue weighted by Gasteiger charge is 2.33. The Hall–Kier alpha value is -3.36. The van der Waals surface area contributed by atoms with E-state index in [4.69, 9.17) is 11.6 Å². The number of para-hydroxylation sites is 1. The molecule has 0 aliphatic heterocycles. The van der Waals surface area contributed by atoms with Crippen LogP contribution in [-0.2, 0) is 39.0 Å². The summed E-state index contributed by atoms with van der Waals surface area (Å²) in [6, 6.07) is 22.7. The van der Waals surface area contributed by atoms with Crippen LogP contribution in [0.4, 0.5) is 5.69 Å². The number of likely N-dealkylation sites (N-methyl/N-ethyl adjacent to an activating group) is 1. The van der Waals surface area contributed by atoms with E-state index in [9.17, 15) is 18.0 Å². The maximum atomic E-state index is 14.0. The van der Waals surface area contributed by atoms with Gasteiger partial charge < -0.3 is 10.2 Å². The maximum absolute atomic E-state index is 14.0. The second-order valence-electron chi connectivity index (χ2n) is 8.97. The van der Waals surface area contributed by atoms with Gasteiger partial charge in [0.1, 0.15) is 12.6 Å². The molecule has 0 spiro atoms. The van der Waals surface area contributed by atoms with Gasteiger partial charge in [0.05, 0.1) is 11.9 Å². The number of hydrogen-bond donors (Lipinski definition) is 1. The molecule has 0 radical (unpaired) electrons. The fraction of sp³-hybridized carbons (Fsp3) is 0.310. The first-order valence-electron chi connectivity index (χ1n) is 12.6. The zero-order chi connectivity index (χ0) is 27.7. The van der Waals surface area contributed by atoms with Crippen molar-refractivity contribution in [3.8, 4) is 0 Å². The summed E-state index contributed by atoms with van der Waals surface area (Å²) >= 11 is 6.45. The van der Waals surface area contributed by atoms with Gasteiger partial charge in [-0.3, -0.25) is 13.9 Å². The van der Waals surface area contributed by atoms with E-state index in [1.54, 1.807) is 30.3 Å². The molecule has 38 heavy (non-hydrogen) atoms. The molecule has 0 aromatic heterocycles. The lowest BCUT2D eigenvalue weighted by molar-refractivity contribution is -0.140. The molecule has 0 aliphatic carbocycles. The molecule has 0 bridgehead atoms. The topological polar surface area (TPSA) is 86.8 Å². The molecule has 202 valence electrons. The molecule has 0 unspecified atom stereocenters. The average molecular weight is 556 g/mol. The Labute approximate surface area is 230 Å². The quantitative estimate of drug-likeness (QED) is 0.358. The number of benzene rings is 3. The fourth-order valence-corrected chi connectivity index (χ4v) is 5.38. The van der Waals surface area contributed by atoms with Crippen molar-refractivity contribution in [3.05, 3.63) is 101 Å². The van der Waals surface area contributed by atoms with Crippen LogP contribution in [0.2, 0.25) is 5.02 Å². The number of rotatable bonds is 12. The van der Waals surface area contributed by atoms with E-state index in [0.717, 1.165) is 21.7 Å². The predicted octanol–water partition coefficient (Wildman–Crippen LogP) is 4.44. The zero-order valence-electron chi connectivity index (χ0n) is 21.9. The maximum Gasteiger partial charge on any atom is 0.244 e. The Bertz CT molecular complexity index is 1350. The molecule has 0 aliphatic rings. The molecular formula is C29H34ClN3O4S. The first-order valence-corrected chi connectivity index (χ1v) is 14.8. The van der Waals surface area contributed by atoms with Crippen molar-refractivity contribution in [1.29, 1.82) is 0 Å². The van der Waals surface area contributed by atoms with Crippen LogP contribution in [0, 0.1) is 0 Å². The standard InChI is InChI=1S/C29H34ClN3O4S/c1-4-23-15-10-12-18-26(23)33(38(3,36)37)21-28(34)32(20-24-16-9-11-17-25(24)30)27(29(35)31-5-2)19-22-13-7-6-8-14-22/h6-18,27H,4-5,19-21H2,1-3H3,(H,31,35)/t27-/m1/s1. The van der Waals surface area contributed by atoms with E-state index in [1.165, 1.54) is 4.90 Å². The van der Waals surface area contributed by atoms with Gasteiger partial charge in [-0.15, -0.1) is 0 Å². The Morgan fingerprint density at radius 1 is 0.895 bits per heavy atom. The van der Waals surface area contributed by atoms with Gasteiger partial charge in [0.2, 0.25) is 21.8 Å². The largest absolute Gasteiger partial charge is 0.355 e. The summed E-state index contributed by atoms with van der Waals surface area (Å²) < 4.78 is 27.0. The third-order valence-corrected chi connectivity index (χ3v) is 7.74. The number of carbonyl (C=O) groups is 2. The van der Waals surface area contributed by atoms with Gasteiger partial charge >= 0.3 is 0 Å². The molecule has 1 N–H and O–H groups in total. The highest BCUT2D eigenvalue weighted by molar-refractivity contribution is 7.92. The van der Waals surface area contributed by atoms with Gasteiger partial charge in [0, 0.05) is 24.5 Å². The minimum absolute atomic E-state index is 0.0418. The van der Waals surface area contributed by atoms with Gasteiger partial charge in [-0.2, -0.15) is 0 Å². The third kappa shape index (κ3) is 7.58. The molecule has 7 nitrogen and oxygen atoms in total. The first-order chi connectivity index (χ1) is 18.2. The number of aryl methyl sites for hydroxylation is 1. The number of carbonyl (C=O) groups excluding carboxylic acids is 2. The van der Waals surface area contributed by atoms with Crippen molar-refractivity contribution < 1.29 is 18.0 Å². The van der Waals surface area contributed by atoms with Crippen molar-refractivity contribution in [2.24, 2.45) is 0 Å². The van der Waals surface area contributed by atoms with Crippen LogP contribution in [0.3, 0.4) is 0 Å². The van der Waals surface area contributed by atoms with Crippen molar-refractivity contribution in [1.82, 2.24) is 10.2 Å². The minimum atomic E-state index is -3.82. The van der Waals surface area contributed by atoms with Crippen molar-refractivity contribution in [2.45, 2.75) is 39.3 Å². The number of nitrogens with one attached hydrogen (secondary N) is 1. The molecule has 9 heteroatoms. The molecular weight excluding hydrogens is 522 g/mol. The van der Waals surface area contributed by atoms with E-state index in [1.807, 2.05) is 62.4 Å². The normalized spacial score (nSPS) is 12.0. The van der Waals surface area contributed by atoms with Crippen molar-refractivity contribution in [2.75, 3.05) is 23.7 Å². The Morgan fingerprint density at radius 2 is 1.50 bits per heavy atom. The van der Waals surface area contributed by atoms with Crippen molar-refractivity contribution in [3.63, 3.8) is 0 Å². The monoisotopic (exact) mass is 555 g/mol. The first kappa shape index (κ1) is 29.2. The van der Waals surface area contributed by atoms with Gasteiger partial charge in [-0.25, -0.2) is 8.42 Å². The molecule has 2 amide bonds. The van der Waals surface area contributed by atoms with Crippen molar-refractivity contribution >= 4 is 39.1 Å². The number of hydrogen-bond acceptors (Lipinski definition) is 4. The summed E-state index contributed by atoms with van der Waals surface area (Å²) in [6.45, 7) is 3.71. The lowest BCUT2D eigenvalue weighted by atomic mass is 10.0. The second kappa shape index (κ2) is 13.4. The van der Waals surface area contributed by atoms with E-state index in [2.05, 4.69) is 5.32 Å². The van der Waals surface area contributed by atoms with Crippen LogP contribution in [0.25, 0.3) is 0 Å². The molecule has 1 atom stereocenters. The summed E-state index contributed by atoms with van der Waals surface area (Å²) in [5.41, 5.74) is 2.77. The molecule has 0 heterocycles. The molecule has 0 saturated carbocycles. The van der Waals surface area contributed by atoms with Gasteiger partial charge in [0.25, 0.3) is 0 Å². The van der Waals surface area contributed by atoms with Crippen LogP contribution in [0.1, 0.15) is 30.5 Å². The zero-order valence-corrected chi connectivity index (χ0v) is 23.5. The van der Waals surface area contributed by atoms with Gasteiger partial charge in [-0.05, 0) is 42.2 Å². The van der Waals surface area contributed by atoms with Crippen LogP contribution >= 0.6 is 11.6 Å². The summed E-state index contributed by atoms with van der Waals surface area (Å²) in [4.78, 5) is 28.8. The highest BCUT2D eigenvalue weighted by Crippen LogP contribution is 2.25. The minimum Gasteiger partial charge on any atom is -0.355 e. The number of halogens is 1. The Kier molecular flexibility index (Phi) is 10.3. The third-order valence-electron chi connectivity index (χ3n) is 6.24. The highest BCUT2D eigenvalue weighted by atomic mass is 35.5. The fourth-order valence-electron chi connectivity index (χ4n) is 4.30. The summed E-state index contributed by atoms with van der Waals surface area (Å²) in [5, 5.41) is 3.29. The van der Waals surface area contributed by atoms with E-state index >= 15 is 0 Å². The average Bonchev–Trinajstić information content (AvgIpc) is 2.90. The lowest BCUT2D eigenvalue weighted by Crippen LogP contribution is -2.53. The number of nitrogens with zero attached hydrogens (tertiary/aromatic N) is 2. The van der Waals surface area contributed by atoms with Gasteiger partial charge in [-0.1, -0.05) is 85.3 Å². The predicted molar refractivity (Wildman–Crippen MR) is 153 cm³/mol. The number of sulfonamides is 1. The van der Waals surface area contributed by atoms with Crippen LogP contribution in [-0.4, -0.2) is 50.5 Å². The number of amides is 2. The van der Waals surface area contributed by atoms with Crippen LogP contribution in [0.15, 0.2) is 78.9 Å². The Morgan fingerprint density at radius 3 is 2.11 bits per heavy atom. The molecule has 0 saturated heterocycles. The SMILES string of the molecule is CCNC(=O)[C@@H](Cc1ccccc1)N(Cc1ccccc1Cl)C(=O)CN(c1ccccc1CC)S(C)(=O)=O. The smallest absolute Gasteiger partial charge is 0.244 e. The summed E-state index contributed by atoms with van der Waals surface area (Å²) in [5.74, 6) is -0.829. The molecule has 3 rings (SSSR count). The van der Waals surface area contributed by atoms with E-state index in [0.29, 0.717) is 29.2 Å². The summed E-state index contributed by atoms with van der Waals surface area (Å²) in [6.07, 6.45) is 1.93. The lowest BCUT2D eigenvalue weighted by Gasteiger charge is -2.34.